The van der Waals surface area contributed by atoms with Crippen molar-refractivity contribution in [2.45, 2.75) is 57.5 Å². The molecule has 0 bridgehead atoms. The van der Waals surface area contributed by atoms with Gasteiger partial charge in [0.25, 0.3) is 0 Å². The fourth-order valence-electron chi connectivity index (χ4n) is 3.13. The normalized spacial score (nSPS) is 23.7. The Morgan fingerprint density at radius 2 is 2.00 bits per heavy atom. The first-order valence-electron chi connectivity index (χ1n) is 8.57. The van der Waals surface area contributed by atoms with Crippen molar-refractivity contribution in [3.8, 4) is 0 Å². The number of rotatable bonds is 8. The molecule has 3 atom stereocenters. The summed E-state index contributed by atoms with van der Waals surface area (Å²) in [5, 5.41) is 16.4. The molecule has 25 heavy (non-hydrogen) atoms. The van der Waals surface area contributed by atoms with Crippen LogP contribution in [0, 0.1) is 11.3 Å². The van der Waals surface area contributed by atoms with E-state index in [-0.39, 0.29) is 17.7 Å². The maximum absolute atomic E-state index is 12.5. The molecular weight excluding hydrogens is 328 g/mol. The van der Waals surface area contributed by atoms with Crippen LogP contribution >= 0.6 is 0 Å². The van der Waals surface area contributed by atoms with Crippen LogP contribution in [0.3, 0.4) is 0 Å². The average molecular weight is 354 g/mol. The van der Waals surface area contributed by atoms with Gasteiger partial charge in [-0.25, -0.2) is 4.79 Å². The number of piperidine rings is 1. The zero-order valence-electron chi connectivity index (χ0n) is 14.3. The van der Waals surface area contributed by atoms with Gasteiger partial charge >= 0.3 is 6.09 Å². The number of carbonyl (C=O) groups excluding carboxylic acids is 3. The molecule has 1 saturated carbocycles. The molecule has 0 spiro atoms. The van der Waals surface area contributed by atoms with E-state index in [1.807, 2.05) is 6.92 Å². The quantitative estimate of drug-likeness (QED) is 0.405. The topological polar surface area (TPSA) is 151 Å². The second-order valence-corrected chi connectivity index (χ2v) is 7.35. The predicted molar refractivity (Wildman–Crippen MR) is 88.4 cm³/mol. The van der Waals surface area contributed by atoms with E-state index in [0.29, 0.717) is 19.4 Å². The van der Waals surface area contributed by atoms with Crippen molar-refractivity contribution in [3.05, 3.63) is 0 Å². The Bertz CT molecular complexity index is 561. The lowest BCUT2D eigenvalue weighted by atomic mass is 9.91. The van der Waals surface area contributed by atoms with E-state index in [4.69, 9.17) is 10.8 Å². The van der Waals surface area contributed by atoms with Gasteiger partial charge < -0.3 is 26.8 Å². The highest BCUT2D eigenvalue weighted by Crippen LogP contribution is 2.48. The highest BCUT2D eigenvalue weighted by atomic mass is 16.4. The second kappa shape index (κ2) is 7.71. The van der Waals surface area contributed by atoms with E-state index in [1.54, 1.807) is 0 Å². The van der Waals surface area contributed by atoms with Gasteiger partial charge in [-0.1, -0.05) is 6.92 Å². The lowest BCUT2D eigenvalue weighted by molar-refractivity contribution is -0.131. The third-order valence-corrected chi connectivity index (χ3v) is 4.99. The number of carbonyl (C=O) groups is 4. The minimum absolute atomic E-state index is 0.0596. The van der Waals surface area contributed by atoms with E-state index in [0.717, 1.165) is 19.3 Å². The average Bonchev–Trinajstić information content (AvgIpc) is 3.24. The summed E-state index contributed by atoms with van der Waals surface area (Å²) < 4.78 is 0. The minimum Gasteiger partial charge on any atom is -0.465 e. The van der Waals surface area contributed by atoms with Crippen LogP contribution in [0.15, 0.2) is 0 Å². The van der Waals surface area contributed by atoms with Gasteiger partial charge in [-0.3, -0.25) is 14.4 Å². The molecule has 0 aromatic carbocycles. The molecule has 2 fully saturated rings. The smallest absolute Gasteiger partial charge is 0.405 e. The van der Waals surface area contributed by atoms with E-state index in [1.165, 1.54) is 0 Å². The maximum Gasteiger partial charge on any atom is 0.405 e. The van der Waals surface area contributed by atoms with Crippen LogP contribution in [0.4, 0.5) is 4.79 Å². The van der Waals surface area contributed by atoms with E-state index in [9.17, 15) is 19.2 Å². The Morgan fingerprint density at radius 1 is 1.32 bits per heavy atom. The largest absolute Gasteiger partial charge is 0.465 e. The first-order valence-corrected chi connectivity index (χ1v) is 8.57. The van der Waals surface area contributed by atoms with E-state index >= 15 is 0 Å². The molecule has 2 rings (SSSR count). The summed E-state index contributed by atoms with van der Waals surface area (Å²) in [6.07, 6.45) is 2.47. The predicted octanol–water partition coefficient (Wildman–Crippen LogP) is -0.301. The van der Waals surface area contributed by atoms with Gasteiger partial charge in [0, 0.05) is 12.5 Å². The summed E-state index contributed by atoms with van der Waals surface area (Å²) in [4.78, 5) is 47.0. The van der Waals surface area contributed by atoms with Crippen molar-refractivity contribution >= 4 is 23.8 Å². The molecule has 0 aromatic heterocycles. The number of hydrogen-bond donors (Lipinski definition) is 5. The number of primary amides is 1. The van der Waals surface area contributed by atoms with Crippen molar-refractivity contribution in [1.29, 1.82) is 0 Å². The Morgan fingerprint density at radius 3 is 2.52 bits per heavy atom. The summed E-state index contributed by atoms with van der Waals surface area (Å²) in [5.74, 6) is -1.87. The van der Waals surface area contributed by atoms with Gasteiger partial charge in [-0.05, 0) is 43.9 Å². The Labute approximate surface area is 146 Å². The number of amides is 4. The van der Waals surface area contributed by atoms with Crippen LogP contribution in [-0.4, -0.2) is 47.5 Å². The van der Waals surface area contributed by atoms with Crippen LogP contribution in [0.5, 0.6) is 0 Å². The molecule has 9 heteroatoms. The third kappa shape index (κ3) is 5.61. The van der Waals surface area contributed by atoms with Gasteiger partial charge in [-0.15, -0.1) is 0 Å². The minimum atomic E-state index is -1.30. The van der Waals surface area contributed by atoms with E-state index < -0.39 is 35.9 Å². The fraction of sp³-hybridized carbons (Fsp3) is 0.750. The molecule has 9 nitrogen and oxygen atoms in total. The van der Waals surface area contributed by atoms with Crippen LogP contribution in [0.1, 0.15) is 45.4 Å². The first kappa shape index (κ1) is 19.0. The molecule has 1 heterocycles. The first-order chi connectivity index (χ1) is 11.7. The molecule has 6 N–H and O–H groups in total. The summed E-state index contributed by atoms with van der Waals surface area (Å²) in [6.45, 7) is 2.58. The van der Waals surface area contributed by atoms with Crippen molar-refractivity contribution in [2.24, 2.45) is 17.1 Å². The van der Waals surface area contributed by atoms with Gasteiger partial charge in [-0.2, -0.15) is 0 Å². The van der Waals surface area contributed by atoms with Crippen molar-refractivity contribution in [3.63, 3.8) is 0 Å². The Balaban J connectivity index is 1.99. The number of hydrogen-bond acceptors (Lipinski definition) is 4. The molecule has 1 unspecified atom stereocenters. The van der Waals surface area contributed by atoms with Gasteiger partial charge in [0.05, 0.1) is 0 Å². The lowest BCUT2D eigenvalue weighted by Gasteiger charge is -2.27. The highest BCUT2D eigenvalue weighted by Gasteiger charge is 2.42. The zero-order chi connectivity index (χ0) is 18.6. The summed E-state index contributed by atoms with van der Waals surface area (Å²) in [5.41, 5.74) is 5.31. The molecular formula is C16H26N4O5. The molecule has 1 aliphatic carbocycles. The Hall–Kier alpha value is -2.32. The SMILES string of the molecule is CC1(CC(NC(=O)O)C(=O)N[C@@H](C[C@@H]2CCCNC2=O)C(N)=O)CC1. The maximum atomic E-state index is 12.5. The molecule has 4 amide bonds. The third-order valence-electron chi connectivity index (χ3n) is 4.99. The van der Waals surface area contributed by atoms with Crippen LogP contribution in [0.2, 0.25) is 0 Å². The number of nitrogens with one attached hydrogen (secondary N) is 3. The number of carboxylic acid groups (broad SMARTS) is 1. The molecule has 1 saturated heterocycles. The van der Waals surface area contributed by atoms with Gasteiger partial charge in [0.2, 0.25) is 17.7 Å². The summed E-state index contributed by atoms with van der Waals surface area (Å²) in [6, 6.07) is -1.96. The molecule has 140 valence electrons. The summed E-state index contributed by atoms with van der Waals surface area (Å²) >= 11 is 0. The monoisotopic (exact) mass is 354 g/mol. The molecule has 0 aromatic rings. The Kier molecular flexibility index (Phi) is 5.86. The standard InChI is InChI=1S/C16H26N4O5/c1-16(4-5-16)8-11(20-15(24)25)14(23)19-10(12(17)21)7-9-3-2-6-18-13(9)22/h9-11,20H,2-8H2,1H3,(H2,17,21)(H,18,22)(H,19,23)(H,24,25)/t9-,10-,11?/m0/s1. The van der Waals surface area contributed by atoms with Gasteiger partial charge in [0.1, 0.15) is 12.1 Å². The number of nitrogens with two attached hydrogens (primary N) is 1. The van der Waals surface area contributed by atoms with E-state index in [2.05, 4.69) is 16.0 Å². The summed E-state index contributed by atoms with van der Waals surface area (Å²) in [7, 11) is 0. The molecule has 0 radical (unpaired) electrons. The van der Waals surface area contributed by atoms with Crippen molar-refractivity contribution < 1.29 is 24.3 Å². The van der Waals surface area contributed by atoms with Crippen LogP contribution < -0.4 is 21.7 Å². The fourth-order valence-corrected chi connectivity index (χ4v) is 3.13. The molecule has 1 aliphatic heterocycles. The van der Waals surface area contributed by atoms with Gasteiger partial charge in [0.15, 0.2) is 0 Å². The second-order valence-electron chi connectivity index (χ2n) is 7.35. The molecule has 2 aliphatic rings. The van der Waals surface area contributed by atoms with Crippen molar-refractivity contribution in [1.82, 2.24) is 16.0 Å². The van der Waals surface area contributed by atoms with Crippen LogP contribution in [0.25, 0.3) is 0 Å². The zero-order valence-corrected chi connectivity index (χ0v) is 14.3. The lowest BCUT2D eigenvalue weighted by Crippen LogP contribution is -2.54. The highest BCUT2D eigenvalue weighted by molar-refractivity contribution is 5.91. The van der Waals surface area contributed by atoms with Crippen LogP contribution in [-0.2, 0) is 14.4 Å². The van der Waals surface area contributed by atoms with Crippen molar-refractivity contribution in [2.75, 3.05) is 6.54 Å².